The van der Waals surface area contributed by atoms with Crippen LogP contribution in [-0.4, -0.2) is 20.6 Å². The molecule has 0 saturated carbocycles. The van der Waals surface area contributed by atoms with E-state index >= 15 is 0 Å². The van der Waals surface area contributed by atoms with E-state index in [2.05, 4.69) is 10.4 Å². The molecule has 0 unspecified atom stereocenters. The Labute approximate surface area is 153 Å². The molecule has 1 aromatic carbocycles. The average Bonchev–Trinajstić information content (AvgIpc) is 3.17. The molecule has 0 atom stereocenters. The van der Waals surface area contributed by atoms with Gasteiger partial charge in [-0.15, -0.1) is 0 Å². The third-order valence-electron chi connectivity index (χ3n) is 3.79. The fourth-order valence-corrected chi connectivity index (χ4v) is 2.55. The van der Waals surface area contributed by atoms with Gasteiger partial charge in [0.15, 0.2) is 10.8 Å². The molecule has 3 rings (SSSR count). The van der Waals surface area contributed by atoms with E-state index in [-0.39, 0.29) is 23.2 Å². The van der Waals surface area contributed by atoms with Crippen LogP contribution in [0, 0.1) is 24.0 Å². The van der Waals surface area contributed by atoms with Crippen LogP contribution in [0.4, 0.5) is 11.5 Å². The van der Waals surface area contributed by atoms with Gasteiger partial charge in [0.25, 0.3) is 5.91 Å². The van der Waals surface area contributed by atoms with Gasteiger partial charge in [0.05, 0.1) is 10.8 Å². The monoisotopic (exact) mass is 374 g/mol. The van der Waals surface area contributed by atoms with Crippen molar-refractivity contribution in [1.29, 1.82) is 0 Å². The van der Waals surface area contributed by atoms with Gasteiger partial charge in [-0.05, 0) is 43.0 Å². The first-order valence-corrected chi connectivity index (χ1v) is 8.07. The number of rotatable bonds is 5. The lowest BCUT2D eigenvalue weighted by atomic mass is 10.2. The number of amides is 1. The second-order valence-corrected chi connectivity index (χ2v) is 6.10. The van der Waals surface area contributed by atoms with Crippen molar-refractivity contribution in [3.63, 3.8) is 0 Å². The van der Waals surface area contributed by atoms with Crippen molar-refractivity contribution in [3.05, 3.63) is 74.3 Å². The van der Waals surface area contributed by atoms with E-state index < -0.39 is 10.7 Å². The number of benzene rings is 1. The Morgan fingerprint density at radius 1 is 1.27 bits per heavy atom. The van der Waals surface area contributed by atoms with Crippen molar-refractivity contribution in [3.8, 4) is 0 Å². The van der Waals surface area contributed by atoms with Gasteiger partial charge in [-0.25, -0.2) is 0 Å². The average molecular weight is 375 g/mol. The number of aromatic nitrogens is 2. The van der Waals surface area contributed by atoms with Crippen molar-refractivity contribution >= 4 is 29.0 Å². The van der Waals surface area contributed by atoms with Crippen molar-refractivity contribution in [1.82, 2.24) is 9.78 Å². The lowest BCUT2D eigenvalue weighted by Gasteiger charge is -2.03. The van der Waals surface area contributed by atoms with E-state index in [1.165, 1.54) is 10.7 Å². The lowest BCUT2D eigenvalue weighted by Crippen LogP contribution is -2.10. The summed E-state index contributed by atoms with van der Waals surface area (Å²) in [6.45, 7) is 3.70. The van der Waals surface area contributed by atoms with Gasteiger partial charge < -0.3 is 19.8 Å². The van der Waals surface area contributed by atoms with Crippen LogP contribution in [0.15, 0.2) is 40.8 Å². The van der Waals surface area contributed by atoms with E-state index in [9.17, 15) is 14.9 Å². The van der Waals surface area contributed by atoms with Gasteiger partial charge in [0.1, 0.15) is 12.3 Å². The highest BCUT2D eigenvalue weighted by Gasteiger charge is 2.24. The van der Waals surface area contributed by atoms with Crippen molar-refractivity contribution in [2.24, 2.45) is 0 Å². The molecule has 0 radical (unpaired) electrons. The van der Waals surface area contributed by atoms with Gasteiger partial charge >= 0.3 is 5.82 Å². The largest absolute Gasteiger partial charge is 0.454 e. The second kappa shape index (κ2) is 7.01. The molecule has 0 aliphatic rings. The predicted molar refractivity (Wildman–Crippen MR) is 95.6 cm³/mol. The zero-order valence-electron chi connectivity index (χ0n) is 14.0. The van der Waals surface area contributed by atoms with Crippen LogP contribution >= 0.6 is 11.6 Å². The third kappa shape index (κ3) is 3.60. The molecule has 3 aromatic rings. The van der Waals surface area contributed by atoms with Crippen LogP contribution < -0.4 is 5.32 Å². The first-order valence-electron chi connectivity index (χ1n) is 7.69. The maximum atomic E-state index is 12.2. The van der Waals surface area contributed by atoms with Gasteiger partial charge in [-0.2, -0.15) is 4.68 Å². The number of hydrogen-bond donors (Lipinski definition) is 1. The molecule has 9 heteroatoms. The minimum atomic E-state index is -0.644. The highest BCUT2D eigenvalue weighted by molar-refractivity contribution is 6.33. The first kappa shape index (κ1) is 17.7. The Morgan fingerprint density at radius 3 is 2.58 bits per heavy atom. The van der Waals surface area contributed by atoms with E-state index in [0.29, 0.717) is 17.1 Å². The Bertz CT molecular complexity index is 975. The Hall–Kier alpha value is -3.13. The summed E-state index contributed by atoms with van der Waals surface area (Å²) >= 11 is 5.91. The van der Waals surface area contributed by atoms with E-state index in [1.54, 1.807) is 25.1 Å². The predicted octanol–water partition coefficient (Wildman–Crippen LogP) is 3.96. The van der Waals surface area contributed by atoms with Crippen LogP contribution in [0.1, 0.15) is 27.6 Å². The Morgan fingerprint density at radius 2 is 1.96 bits per heavy atom. The molecule has 2 aromatic heterocycles. The SMILES string of the molecule is Cc1ccc(NC(=O)c2ccc(Cn3nc([N+](=O)[O-])c(Cl)c3C)o2)cc1. The number of halogens is 1. The van der Waals surface area contributed by atoms with Gasteiger partial charge in [0, 0.05) is 5.69 Å². The second-order valence-electron chi connectivity index (χ2n) is 5.72. The van der Waals surface area contributed by atoms with Crippen molar-refractivity contribution in [2.75, 3.05) is 5.32 Å². The summed E-state index contributed by atoms with van der Waals surface area (Å²) in [5.41, 5.74) is 2.19. The topological polar surface area (TPSA) is 103 Å². The minimum absolute atomic E-state index is 0.0149. The zero-order chi connectivity index (χ0) is 18.8. The molecule has 0 aliphatic carbocycles. The van der Waals surface area contributed by atoms with Crippen LogP contribution in [-0.2, 0) is 6.54 Å². The number of furan rings is 1. The van der Waals surface area contributed by atoms with Gasteiger partial charge in [-0.1, -0.05) is 29.3 Å². The molecule has 8 nitrogen and oxygen atoms in total. The molecule has 0 spiro atoms. The number of nitro groups is 1. The molecule has 0 aliphatic heterocycles. The molecule has 26 heavy (non-hydrogen) atoms. The minimum Gasteiger partial charge on any atom is -0.454 e. The molecule has 134 valence electrons. The fourth-order valence-electron chi connectivity index (χ4n) is 2.34. The summed E-state index contributed by atoms with van der Waals surface area (Å²) in [5.74, 6) is -0.239. The third-order valence-corrected chi connectivity index (χ3v) is 4.23. The number of carbonyl (C=O) groups excluding carboxylic acids is 1. The van der Waals surface area contributed by atoms with E-state index in [0.717, 1.165) is 5.56 Å². The molecule has 0 bridgehead atoms. The van der Waals surface area contributed by atoms with E-state index in [1.807, 2.05) is 19.1 Å². The molecule has 1 amide bonds. The molecular formula is C17H15ClN4O4. The lowest BCUT2D eigenvalue weighted by molar-refractivity contribution is -0.389. The van der Waals surface area contributed by atoms with E-state index in [4.69, 9.17) is 16.0 Å². The highest BCUT2D eigenvalue weighted by Crippen LogP contribution is 2.27. The summed E-state index contributed by atoms with van der Waals surface area (Å²) in [7, 11) is 0. The summed E-state index contributed by atoms with van der Waals surface area (Å²) < 4.78 is 6.89. The summed E-state index contributed by atoms with van der Waals surface area (Å²) in [5, 5.41) is 17.5. The molecule has 0 fully saturated rings. The number of aryl methyl sites for hydroxylation is 1. The smallest absolute Gasteiger partial charge is 0.408 e. The number of hydrogen-bond acceptors (Lipinski definition) is 5. The quantitative estimate of drug-likeness (QED) is 0.537. The van der Waals surface area contributed by atoms with Crippen molar-refractivity contribution in [2.45, 2.75) is 20.4 Å². The van der Waals surface area contributed by atoms with Crippen LogP contribution in [0.3, 0.4) is 0 Å². The van der Waals surface area contributed by atoms with Crippen molar-refractivity contribution < 1.29 is 14.1 Å². The van der Waals surface area contributed by atoms with Crippen LogP contribution in [0.5, 0.6) is 0 Å². The molecule has 0 saturated heterocycles. The summed E-state index contributed by atoms with van der Waals surface area (Å²) in [6, 6.07) is 10.5. The van der Waals surface area contributed by atoms with Crippen LogP contribution in [0.2, 0.25) is 5.02 Å². The standard InChI is InChI=1S/C17H15ClN4O4/c1-10-3-5-12(6-4-10)19-17(23)14-8-7-13(26-14)9-21-11(2)15(18)16(20-21)22(24)25/h3-8H,9H2,1-2H3,(H,19,23). The first-order chi connectivity index (χ1) is 12.3. The summed E-state index contributed by atoms with van der Waals surface area (Å²) in [6.07, 6.45) is 0. The zero-order valence-corrected chi connectivity index (χ0v) is 14.8. The number of nitrogens with zero attached hydrogens (tertiary/aromatic N) is 3. The molecular weight excluding hydrogens is 360 g/mol. The maximum absolute atomic E-state index is 12.2. The number of nitrogens with one attached hydrogen (secondary N) is 1. The number of anilines is 1. The van der Waals surface area contributed by atoms with Crippen LogP contribution in [0.25, 0.3) is 0 Å². The number of carbonyl (C=O) groups is 1. The molecule has 2 heterocycles. The van der Waals surface area contributed by atoms with Gasteiger partial charge in [-0.3, -0.25) is 4.79 Å². The van der Waals surface area contributed by atoms with Gasteiger partial charge in [0.2, 0.25) is 0 Å². The maximum Gasteiger partial charge on any atom is 0.408 e. The Balaban J connectivity index is 1.74. The Kier molecular flexibility index (Phi) is 4.77. The summed E-state index contributed by atoms with van der Waals surface area (Å²) in [4.78, 5) is 22.5. The normalized spacial score (nSPS) is 10.7. The molecule has 1 N–H and O–H groups in total. The highest BCUT2D eigenvalue weighted by atomic mass is 35.5. The fraction of sp³-hybridized carbons (Fsp3) is 0.176.